The second kappa shape index (κ2) is 4.87. The number of carboxylic acid groups (broad SMARTS) is 1. The van der Waals surface area contributed by atoms with Crippen LogP contribution in [-0.4, -0.2) is 34.7 Å². The molecule has 0 amide bonds. The number of hydrogen-bond acceptors (Lipinski definition) is 5. The minimum atomic E-state index is -1.41. The molecule has 0 bridgehead atoms. The molecule has 0 spiro atoms. The van der Waals surface area contributed by atoms with Crippen molar-refractivity contribution in [2.24, 2.45) is 5.92 Å². The average molecular weight is 228 g/mol. The number of esters is 1. The van der Waals surface area contributed by atoms with Gasteiger partial charge < -0.3 is 9.84 Å². The predicted molar refractivity (Wildman–Crippen MR) is 50.5 cm³/mol. The number of rotatable bonds is 5. The third-order valence-corrected chi connectivity index (χ3v) is 2.27. The van der Waals surface area contributed by atoms with Gasteiger partial charge in [-0.15, -0.1) is 0 Å². The molecule has 1 fully saturated rings. The van der Waals surface area contributed by atoms with Gasteiger partial charge in [-0.1, -0.05) is 6.92 Å². The molecule has 0 aromatic heterocycles. The van der Waals surface area contributed by atoms with E-state index in [1.165, 1.54) is 0 Å². The first-order valence-electron chi connectivity index (χ1n) is 4.96. The van der Waals surface area contributed by atoms with Crippen LogP contribution < -0.4 is 0 Å². The molecule has 1 saturated heterocycles. The Kier molecular flexibility index (Phi) is 3.76. The summed E-state index contributed by atoms with van der Waals surface area (Å²) in [5.41, 5.74) is 0. The maximum atomic E-state index is 11.5. The molecule has 1 aliphatic heterocycles. The van der Waals surface area contributed by atoms with Gasteiger partial charge in [0.2, 0.25) is 0 Å². The molecule has 1 aliphatic rings. The third-order valence-electron chi connectivity index (χ3n) is 2.27. The maximum absolute atomic E-state index is 11.5. The van der Waals surface area contributed by atoms with Crippen LogP contribution in [-0.2, 0) is 23.9 Å². The van der Waals surface area contributed by atoms with Crippen LogP contribution in [0.5, 0.6) is 0 Å². The summed E-state index contributed by atoms with van der Waals surface area (Å²) in [7, 11) is 0. The lowest BCUT2D eigenvalue weighted by Crippen LogP contribution is -2.28. The van der Waals surface area contributed by atoms with E-state index in [0.29, 0.717) is 6.42 Å². The van der Waals surface area contributed by atoms with Gasteiger partial charge in [-0.2, -0.15) is 0 Å². The highest BCUT2D eigenvalue weighted by molar-refractivity contribution is 6.22. The second-order valence-corrected chi connectivity index (χ2v) is 3.58. The molecule has 1 heterocycles. The Hall–Kier alpha value is -1.72. The van der Waals surface area contributed by atoms with E-state index in [0.717, 1.165) is 0 Å². The van der Waals surface area contributed by atoms with Crippen LogP contribution in [0.2, 0.25) is 0 Å². The standard InChI is InChI=1S/C10H12O6/c1-2-3-5(11)8-9(14)6(4-7(12)13)16-10(8)15/h6,8H,2-4H2,1H3,(H,12,13)/t6-,8-/m0/s1. The Labute approximate surface area is 91.6 Å². The van der Waals surface area contributed by atoms with Gasteiger partial charge in [0.05, 0.1) is 6.42 Å². The molecule has 16 heavy (non-hydrogen) atoms. The molecule has 6 nitrogen and oxygen atoms in total. The van der Waals surface area contributed by atoms with Gasteiger partial charge in [0, 0.05) is 6.42 Å². The average Bonchev–Trinajstić information content (AvgIpc) is 2.41. The summed E-state index contributed by atoms with van der Waals surface area (Å²) in [6, 6.07) is 0. The van der Waals surface area contributed by atoms with E-state index < -0.39 is 41.9 Å². The second-order valence-electron chi connectivity index (χ2n) is 3.58. The summed E-state index contributed by atoms with van der Waals surface area (Å²) in [6.07, 6.45) is -1.25. The fraction of sp³-hybridized carbons (Fsp3) is 0.600. The molecule has 1 rings (SSSR count). The molecule has 0 saturated carbocycles. The summed E-state index contributed by atoms with van der Waals surface area (Å²) < 4.78 is 4.57. The topological polar surface area (TPSA) is 97.7 Å². The first-order chi connectivity index (χ1) is 7.47. The van der Waals surface area contributed by atoms with Gasteiger partial charge in [-0.3, -0.25) is 19.2 Å². The molecule has 6 heteroatoms. The maximum Gasteiger partial charge on any atom is 0.325 e. The Morgan fingerprint density at radius 3 is 2.50 bits per heavy atom. The van der Waals surface area contributed by atoms with Crippen molar-refractivity contribution in [3.63, 3.8) is 0 Å². The van der Waals surface area contributed by atoms with E-state index in [1.54, 1.807) is 6.92 Å². The van der Waals surface area contributed by atoms with Crippen LogP contribution in [0, 0.1) is 5.92 Å². The largest absolute Gasteiger partial charge is 0.481 e. The van der Waals surface area contributed by atoms with Crippen LogP contribution in [0.15, 0.2) is 0 Å². The SMILES string of the molecule is CCCC(=O)[C@@H]1C(=O)O[C@@H](CC(=O)O)C1=O. The zero-order chi connectivity index (χ0) is 12.3. The molecule has 1 N–H and O–H groups in total. The minimum absolute atomic E-state index is 0.116. The smallest absolute Gasteiger partial charge is 0.325 e. The lowest BCUT2D eigenvalue weighted by Gasteiger charge is -2.02. The molecule has 0 unspecified atom stereocenters. The Morgan fingerprint density at radius 2 is 2.00 bits per heavy atom. The summed E-state index contributed by atoms with van der Waals surface area (Å²) in [4.78, 5) is 44.6. The third kappa shape index (κ3) is 2.44. The number of Topliss-reactive ketones (excluding diaryl/α,β-unsaturated/α-hetero) is 2. The van der Waals surface area contributed by atoms with E-state index in [-0.39, 0.29) is 6.42 Å². The van der Waals surface area contributed by atoms with Gasteiger partial charge in [-0.05, 0) is 6.42 Å². The first-order valence-corrected chi connectivity index (χ1v) is 4.96. The van der Waals surface area contributed by atoms with Gasteiger partial charge in [0.1, 0.15) is 0 Å². The Bertz CT molecular complexity index is 345. The fourth-order valence-electron chi connectivity index (χ4n) is 1.55. The molecule has 2 atom stereocenters. The molecule has 0 aromatic rings. The number of cyclic esters (lactones) is 1. The van der Waals surface area contributed by atoms with Crippen molar-refractivity contribution in [2.45, 2.75) is 32.3 Å². The van der Waals surface area contributed by atoms with Gasteiger partial charge in [0.15, 0.2) is 23.6 Å². The highest BCUT2D eigenvalue weighted by atomic mass is 16.6. The van der Waals surface area contributed by atoms with Crippen LogP contribution in [0.1, 0.15) is 26.2 Å². The van der Waals surface area contributed by atoms with E-state index >= 15 is 0 Å². The van der Waals surface area contributed by atoms with Crippen LogP contribution in [0.25, 0.3) is 0 Å². The van der Waals surface area contributed by atoms with Crippen molar-refractivity contribution in [2.75, 3.05) is 0 Å². The molecule has 88 valence electrons. The fourth-order valence-corrected chi connectivity index (χ4v) is 1.55. The predicted octanol–water partition coefficient (Wildman–Crippen LogP) is -0.0590. The Balaban J connectivity index is 2.74. The van der Waals surface area contributed by atoms with Crippen LogP contribution >= 0.6 is 0 Å². The summed E-state index contributed by atoms with van der Waals surface area (Å²) >= 11 is 0. The lowest BCUT2D eigenvalue weighted by molar-refractivity contribution is -0.149. The first kappa shape index (κ1) is 12.4. The summed E-state index contributed by atoms with van der Waals surface area (Å²) in [5.74, 6) is -4.80. The van der Waals surface area contributed by atoms with Crippen molar-refractivity contribution in [1.29, 1.82) is 0 Å². The number of ketones is 2. The normalized spacial score (nSPS) is 24.3. The Morgan fingerprint density at radius 1 is 1.38 bits per heavy atom. The zero-order valence-electron chi connectivity index (χ0n) is 8.76. The molecule has 0 radical (unpaired) electrons. The van der Waals surface area contributed by atoms with Crippen molar-refractivity contribution < 1.29 is 29.0 Å². The zero-order valence-corrected chi connectivity index (χ0v) is 8.76. The van der Waals surface area contributed by atoms with Crippen molar-refractivity contribution in [3.8, 4) is 0 Å². The van der Waals surface area contributed by atoms with Gasteiger partial charge in [-0.25, -0.2) is 0 Å². The van der Waals surface area contributed by atoms with E-state index in [2.05, 4.69) is 4.74 Å². The highest BCUT2D eigenvalue weighted by Gasteiger charge is 2.47. The molecule has 0 aliphatic carbocycles. The van der Waals surface area contributed by atoms with Crippen molar-refractivity contribution >= 4 is 23.5 Å². The van der Waals surface area contributed by atoms with Crippen molar-refractivity contribution in [1.82, 2.24) is 0 Å². The molecular formula is C10H12O6. The minimum Gasteiger partial charge on any atom is -0.481 e. The number of aliphatic carboxylic acids is 1. The number of carbonyl (C=O) groups excluding carboxylic acids is 3. The molecule has 0 aromatic carbocycles. The number of hydrogen-bond donors (Lipinski definition) is 1. The number of carboxylic acids is 1. The van der Waals surface area contributed by atoms with Crippen LogP contribution in [0.3, 0.4) is 0 Å². The lowest BCUT2D eigenvalue weighted by atomic mass is 9.95. The summed E-state index contributed by atoms with van der Waals surface area (Å²) in [6.45, 7) is 1.75. The van der Waals surface area contributed by atoms with E-state index in [1.807, 2.05) is 0 Å². The summed E-state index contributed by atoms with van der Waals surface area (Å²) in [5, 5.41) is 8.48. The monoisotopic (exact) mass is 228 g/mol. The number of carbonyl (C=O) groups is 4. The van der Waals surface area contributed by atoms with Crippen molar-refractivity contribution in [3.05, 3.63) is 0 Å². The van der Waals surface area contributed by atoms with Gasteiger partial charge >= 0.3 is 11.9 Å². The molecular weight excluding hydrogens is 216 g/mol. The quantitative estimate of drug-likeness (QED) is 0.523. The van der Waals surface area contributed by atoms with Gasteiger partial charge in [0.25, 0.3) is 0 Å². The van der Waals surface area contributed by atoms with Crippen LogP contribution in [0.4, 0.5) is 0 Å². The highest BCUT2D eigenvalue weighted by Crippen LogP contribution is 2.22. The van der Waals surface area contributed by atoms with E-state index in [4.69, 9.17) is 5.11 Å². The van der Waals surface area contributed by atoms with E-state index in [9.17, 15) is 19.2 Å². The number of ether oxygens (including phenoxy) is 1.